The van der Waals surface area contributed by atoms with Crippen LogP contribution < -0.4 is 10.5 Å². The number of anilines is 1. The van der Waals surface area contributed by atoms with E-state index in [1.807, 2.05) is 0 Å². The molecule has 0 bridgehead atoms. The molecule has 4 nitrogen and oxygen atoms in total. The summed E-state index contributed by atoms with van der Waals surface area (Å²) >= 11 is 5.88. The van der Waals surface area contributed by atoms with E-state index in [1.54, 1.807) is 13.0 Å². The first-order chi connectivity index (χ1) is 8.85. The van der Waals surface area contributed by atoms with Crippen molar-refractivity contribution in [3.8, 4) is 0 Å². The van der Waals surface area contributed by atoms with Gasteiger partial charge in [0, 0.05) is 6.04 Å². The molecule has 2 atom stereocenters. The van der Waals surface area contributed by atoms with Crippen LogP contribution in [-0.4, -0.2) is 14.5 Å². The number of rotatable bonds is 5. The summed E-state index contributed by atoms with van der Waals surface area (Å²) in [4.78, 5) is 0.219. The van der Waals surface area contributed by atoms with Crippen LogP contribution in [0.25, 0.3) is 0 Å². The van der Waals surface area contributed by atoms with Gasteiger partial charge in [-0.1, -0.05) is 24.9 Å². The summed E-state index contributed by atoms with van der Waals surface area (Å²) in [6.07, 6.45) is 3.07. The number of nitrogen functional groups attached to an aromatic ring is 1. The van der Waals surface area contributed by atoms with Crippen molar-refractivity contribution in [1.82, 2.24) is 4.72 Å². The van der Waals surface area contributed by atoms with Gasteiger partial charge >= 0.3 is 0 Å². The minimum atomic E-state index is -3.51. The van der Waals surface area contributed by atoms with Gasteiger partial charge in [0.05, 0.1) is 15.6 Å². The van der Waals surface area contributed by atoms with Gasteiger partial charge in [0.25, 0.3) is 0 Å². The minimum Gasteiger partial charge on any atom is -0.397 e. The Kier molecular flexibility index (Phi) is 4.08. The van der Waals surface area contributed by atoms with E-state index in [0.29, 0.717) is 16.5 Å². The molecule has 6 heteroatoms. The predicted molar refractivity (Wildman–Crippen MR) is 77.7 cm³/mol. The largest absolute Gasteiger partial charge is 0.397 e. The summed E-state index contributed by atoms with van der Waals surface area (Å²) in [7, 11) is -3.51. The van der Waals surface area contributed by atoms with Crippen molar-refractivity contribution >= 4 is 27.3 Å². The molecule has 1 aromatic rings. The second-order valence-corrected chi connectivity index (χ2v) is 7.24. The third-order valence-electron chi connectivity index (χ3n) is 3.47. The molecule has 0 amide bonds. The van der Waals surface area contributed by atoms with Gasteiger partial charge in [-0.3, -0.25) is 0 Å². The van der Waals surface area contributed by atoms with E-state index in [9.17, 15) is 8.42 Å². The van der Waals surface area contributed by atoms with Gasteiger partial charge in [0.2, 0.25) is 10.0 Å². The lowest BCUT2D eigenvalue weighted by Crippen LogP contribution is -2.27. The highest BCUT2D eigenvalue weighted by atomic mass is 35.5. The average Bonchev–Trinajstić information content (AvgIpc) is 3.01. The van der Waals surface area contributed by atoms with Crippen LogP contribution in [0.2, 0.25) is 5.02 Å². The van der Waals surface area contributed by atoms with E-state index >= 15 is 0 Å². The summed E-state index contributed by atoms with van der Waals surface area (Å²) in [6, 6.07) is 3.08. The van der Waals surface area contributed by atoms with Crippen molar-refractivity contribution < 1.29 is 8.42 Å². The smallest absolute Gasteiger partial charge is 0.241 e. The molecule has 1 aliphatic carbocycles. The summed E-state index contributed by atoms with van der Waals surface area (Å²) < 4.78 is 27.4. The first kappa shape index (κ1) is 14.6. The van der Waals surface area contributed by atoms with Crippen molar-refractivity contribution in [3.63, 3.8) is 0 Å². The second kappa shape index (κ2) is 5.31. The van der Waals surface area contributed by atoms with Gasteiger partial charge in [0.1, 0.15) is 0 Å². The maximum Gasteiger partial charge on any atom is 0.241 e. The summed E-state index contributed by atoms with van der Waals surface area (Å²) in [5, 5.41) is 0.381. The molecule has 0 spiro atoms. The molecule has 2 unspecified atom stereocenters. The average molecular weight is 303 g/mol. The molecule has 3 N–H and O–H groups in total. The fraction of sp³-hybridized carbons (Fsp3) is 0.538. The van der Waals surface area contributed by atoms with Crippen molar-refractivity contribution in [1.29, 1.82) is 0 Å². The molecule has 19 heavy (non-hydrogen) atoms. The fourth-order valence-electron chi connectivity index (χ4n) is 2.30. The van der Waals surface area contributed by atoms with Gasteiger partial charge in [-0.15, -0.1) is 0 Å². The van der Waals surface area contributed by atoms with Gasteiger partial charge in [-0.2, -0.15) is 0 Å². The predicted octanol–water partition coefficient (Wildman–Crippen LogP) is 2.70. The van der Waals surface area contributed by atoms with Crippen molar-refractivity contribution in [2.45, 2.75) is 44.0 Å². The molecule has 0 aliphatic heterocycles. The van der Waals surface area contributed by atoms with E-state index in [0.717, 1.165) is 19.3 Å². The molecule has 1 saturated carbocycles. The Balaban J connectivity index is 2.19. The SMILES string of the molecule is CCCC1CC1NS(=O)(=O)c1cc(N)c(Cl)cc1C. The zero-order valence-corrected chi connectivity index (χ0v) is 12.7. The molecule has 0 aromatic heterocycles. The molecule has 2 rings (SSSR count). The Bertz CT molecular complexity index is 587. The highest BCUT2D eigenvalue weighted by Gasteiger charge is 2.39. The first-order valence-electron chi connectivity index (χ1n) is 6.43. The Morgan fingerprint density at radius 1 is 1.47 bits per heavy atom. The number of aryl methyl sites for hydroxylation is 1. The highest BCUT2D eigenvalue weighted by molar-refractivity contribution is 7.89. The van der Waals surface area contributed by atoms with Crippen LogP contribution in [0.3, 0.4) is 0 Å². The lowest BCUT2D eigenvalue weighted by molar-refractivity contribution is 0.572. The lowest BCUT2D eigenvalue weighted by Gasteiger charge is -2.11. The summed E-state index contributed by atoms with van der Waals surface area (Å²) in [5.74, 6) is 0.477. The number of nitrogens with one attached hydrogen (secondary N) is 1. The Morgan fingerprint density at radius 3 is 2.79 bits per heavy atom. The molecule has 106 valence electrons. The van der Waals surface area contributed by atoms with E-state index in [4.69, 9.17) is 17.3 Å². The number of halogens is 1. The zero-order chi connectivity index (χ0) is 14.2. The van der Waals surface area contributed by atoms with Crippen molar-refractivity contribution in [3.05, 3.63) is 22.7 Å². The Labute approximate surface area is 119 Å². The first-order valence-corrected chi connectivity index (χ1v) is 8.29. The van der Waals surface area contributed by atoms with Crippen LogP contribution >= 0.6 is 11.6 Å². The van der Waals surface area contributed by atoms with E-state index < -0.39 is 10.0 Å². The van der Waals surface area contributed by atoms with Gasteiger partial charge < -0.3 is 5.73 Å². The molecule has 0 radical (unpaired) electrons. The van der Waals surface area contributed by atoms with Crippen LogP contribution in [0.15, 0.2) is 17.0 Å². The zero-order valence-electron chi connectivity index (χ0n) is 11.1. The monoisotopic (exact) mass is 302 g/mol. The number of hydrogen-bond acceptors (Lipinski definition) is 3. The van der Waals surface area contributed by atoms with Gasteiger partial charge in [-0.25, -0.2) is 13.1 Å². The number of sulfonamides is 1. The standard InChI is InChI=1S/C13H19ClN2O2S/c1-3-4-9-6-12(9)16-19(17,18)13-7-11(15)10(14)5-8(13)2/h5,7,9,12,16H,3-4,6,15H2,1-2H3. The number of benzene rings is 1. The third-order valence-corrected chi connectivity index (χ3v) is 5.43. The second-order valence-electron chi connectivity index (χ2n) is 5.15. The molecule has 1 aliphatic rings. The van der Waals surface area contributed by atoms with E-state index in [1.165, 1.54) is 6.07 Å². The quantitative estimate of drug-likeness (QED) is 0.821. The number of nitrogens with two attached hydrogens (primary N) is 1. The summed E-state index contributed by atoms with van der Waals surface area (Å²) in [5.41, 5.74) is 6.58. The molecule has 0 heterocycles. The van der Waals surface area contributed by atoms with Gasteiger partial charge in [-0.05, 0) is 43.4 Å². The molecular weight excluding hydrogens is 284 g/mol. The topological polar surface area (TPSA) is 72.2 Å². The molecular formula is C13H19ClN2O2S. The van der Waals surface area contributed by atoms with E-state index in [2.05, 4.69) is 11.6 Å². The van der Waals surface area contributed by atoms with Crippen molar-refractivity contribution in [2.24, 2.45) is 5.92 Å². The molecule has 0 saturated heterocycles. The van der Waals surface area contributed by atoms with E-state index in [-0.39, 0.29) is 16.6 Å². The molecule has 1 fully saturated rings. The molecule has 1 aromatic carbocycles. The Hall–Kier alpha value is -0.780. The maximum absolute atomic E-state index is 12.3. The van der Waals surface area contributed by atoms with Crippen LogP contribution in [0.5, 0.6) is 0 Å². The summed E-state index contributed by atoms with van der Waals surface area (Å²) in [6.45, 7) is 3.82. The van der Waals surface area contributed by atoms with Crippen LogP contribution in [0.4, 0.5) is 5.69 Å². The normalized spacial score (nSPS) is 22.5. The van der Waals surface area contributed by atoms with Gasteiger partial charge in [0.15, 0.2) is 0 Å². The van der Waals surface area contributed by atoms with Crippen LogP contribution in [0, 0.1) is 12.8 Å². The van der Waals surface area contributed by atoms with Crippen LogP contribution in [-0.2, 0) is 10.0 Å². The fourth-order valence-corrected chi connectivity index (χ4v) is 4.10. The van der Waals surface area contributed by atoms with Crippen LogP contribution in [0.1, 0.15) is 31.7 Å². The maximum atomic E-state index is 12.3. The van der Waals surface area contributed by atoms with Crippen molar-refractivity contribution in [2.75, 3.05) is 5.73 Å². The minimum absolute atomic E-state index is 0.0706. The lowest BCUT2D eigenvalue weighted by atomic mass is 10.2. The Morgan fingerprint density at radius 2 is 2.16 bits per heavy atom. The highest BCUT2D eigenvalue weighted by Crippen LogP contribution is 2.36. The third kappa shape index (κ3) is 3.22. The number of hydrogen-bond donors (Lipinski definition) is 2.